The van der Waals surface area contributed by atoms with Gasteiger partial charge in [-0.25, -0.2) is 0 Å². The van der Waals surface area contributed by atoms with Crippen LogP contribution in [0.5, 0.6) is 5.75 Å². The van der Waals surface area contributed by atoms with Crippen LogP contribution in [0.15, 0.2) is 24.3 Å². The number of aromatic hydroxyl groups is 1. The maximum Gasteiger partial charge on any atom is 0.224 e. The van der Waals surface area contributed by atoms with Crippen LogP contribution in [-0.4, -0.2) is 22.9 Å². The molecule has 0 heterocycles. The van der Waals surface area contributed by atoms with E-state index in [-0.39, 0.29) is 17.0 Å². The van der Waals surface area contributed by atoms with Crippen molar-refractivity contribution in [1.82, 2.24) is 5.32 Å². The number of nitrogens with one attached hydrogen (secondary N) is 1. The Balaban J connectivity index is 1.78. The van der Waals surface area contributed by atoms with Gasteiger partial charge in [0.1, 0.15) is 5.75 Å². The largest absolute Gasteiger partial charge is 0.508 e. The first-order valence-corrected chi connectivity index (χ1v) is 7.27. The Hall–Kier alpha value is -1.22. The minimum absolute atomic E-state index is 0.0139. The van der Waals surface area contributed by atoms with Crippen molar-refractivity contribution < 1.29 is 9.90 Å². The fraction of sp³-hybridized carbons (Fsp3) is 0.533. The van der Waals surface area contributed by atoms with Crippen LogP contribution < -0.4 is 5.32 Å². The number of halogens is 1. The van der Waals surface area contributed by atoms with E-state index in [2.05, 4.69) is 5.32 Å². The van der Waals surface area contributed by atoms with Gasteiger partial charge in [-0.1, -0.05) is 25.0 Å². The molecule has 1 aromatic carbocycles. The molecule has 0 bridgehead atoms. The standard InChI is InChI=1S/C15H20ClNO2/c16-14-7-2-1-5-12(14)10-17-15(19)9-11-4-3-6-13(18)8-11/h3-4,6,8,12,14,18H,1-2,5,7,9-10H2,(H,17,19). The number of amides is 1. The van der Waals surface area contributed by atoms with Crippen molar-refractivity contribution in [3.8, 4) is 5.75 Å². The minimum Gasteiger partial charge on any atom is -0.508 e. The van der Waals surface area contributed by atoms with Crippen LogP contribution in [0.25, 0.3) is 0 Å². The highest BCUT2D eigenvalue weighted by molar-refractivity contribution is 6.20. The normalized spacial score (nSPS) is 23.0. The van der Waals surface area contributed by atoms with E-state index in [9.17, 15) is 9.90 Å². The Morgan fingerprint density at radius 1 is 1.37 bits per heavy atom. The lowest BCUT2D eigenvalue weighted by Crippen LogP contribution is -2.35. The molecule has 4 heteroatoms. The highest BCUT2D eigenvalue weighted by Crippen LogP contribution is 2.27. The Bertz CT molecular complexity index is 436. The molecule has 1 fully saturated rings. The second kappa shape index (κ2) is 6.80. The van der Waals surface area contributed by atoms with Crippen LogP contribution in [0.1, 0.15) is 31.2 Å². The Kier molecular flexibility index (Phi) is 5.08. The third-order valence-electron chi connectivity index (χ3n) is 3.65. The Labute approximate surface area is 119 Å². The third-order valence-corrected chi connectivity index (χ3v) is 4.23. The summed E-state index contributed by atoms with van der Waals surface area (Å²) in [4.78, 5) is 11.8. The SMILES string of the molecule is O=C(Cc1cccc(O)c1)NCC1CCCCC1Cl. The predicted octanol–water partition coefficient (Wildman–Crippen LogP) is 2.85. The summed E-state index contributed by atoms with van der Waals surface area (Å²) in [6.07, 6.45) is 4.85. The molecule has 1 amide bonds. The molecule has 2 rings (SSSR count). The molecule has 3 nitrogen and oxygen atoms in total. The highest BCUT2D eigenvalue weighted by atomic mass is 35.5. The molecule has 1 aliphatic carbocycles. The molecule has 1 saturated carbocycles. The minimum atomic E-state index is -0.0139. The van der Waals surface area contributed by atoms with Gasteiger partial charge in [0.15, 0.2) is 0 Å². The van der Waals surface area contributed by atoms with Gasteiger partial charge in [-0.15, -0.1) is 11.6 Å². The summed E-state index contributed by atoms with van der Waals surface area (Å²) in [5.74, 6) is 0.571. The van der Waals surface area contributed by atoms with Crippen LogP contribution in [0.2, 0.25) is 0 Å². The molecule has 2 N–H and O–H groups in total. The number of carbonyl (C=O) groups excluding carboxylic acids is 1. The first-order valence-electron chi connectivity index (χ1n) is 6.84. The van der Waals surface area contributed by atoms with E-state index < -0.39 is 0 Å². The van der Waals surface area contributed by atoms with Gasteiger partial charge < -0.3 is 10.4 Å². The topological polar surface area (TPSA) is 49.3 Å². The summed E-state index contributed by atoms with van der Waals surface area (Å²) in [6, 6.07) is 6.80. The smallest absolute Gasteiger partial charge is 0.224 e. The first-order chi connectivity index (χ1) is 9.15. The average molecular weight is 282 g/mol. The van der Waals surface area contributed by atoms with Gasteiger partial charge >= 0.3 is 0 Å². The van der Waals surface area contributed by atoms with Crippen LogP contribution in [0.4, 0.5) is 0 Å². The molecular formula is C15H20ClNO2. The molecule has 2 atom stereocenters. The summed E-state index contributed by atoms with van der Waals surface area (Å²) in [7, 11) is 0. The van der Waals surface area contributed by atoms with E-state index in [0.29, 0.717) is 18.9 Å². The lowest BCUT2D eigenvalue weighted by atomic mass is 9.88. The fourth-order valence-electron chi connectivity index (χ4n) is 2.55. The van der Waals surface area contributed by atoms with E-state index in [0.717, 1.165) is 18.4 Å². The zero-order valence-corrected chi connectivity index (χ0v) is 11.7. The van der Waals surface area contributed by atoms with Crippen molar-refractivity contribution in [2.24, 2.45) is 5.92 Å². The van der Waals surface area contributed by atoms with Crippen molar-refractivity contribution >= 4 is 17.5 Å². The Morgan fingerprint density at radius 2 is 2.16 bits per heavy atom. The van der Waals surface area contributed by atoms with Gasteiger partial charge in [0.25, 0.3) is 0 Å². The number of phenols is 1. The summed E-state index contributed by atoms with van der Waals surface area (Å²) < 4.78 is 0. The molecule has 0 aliphatic heterocycles. The van der Waals surface area contributed by atoms with Crippen LogP contribution in [0.3, 0.4) is 0 Å². The van der Waals surface area contributed by atoms with Crippen molar-refractivity contribution in [3.05, 3.63) is 29.8 Å². The number of hydrogen-bond donors (Lipinski definition) is 2. The monoisotopic (exact) mass is 281 g/mol. The van der Waals surface area contributed by atoms with Gasteiger partial charge in [0.2, 0.25) is 5.91 Å². The lowest BCUT2D eigenvalue weighted by Gasteiger charge is -2.27. The quantitative estimate of drug-likeness (QED) is 0.834. The summed E-state index contributed by atoms with van der Waals surface area (Å²) in [6.45, 7) is 0.659. The molecular weight excluding hydrogens is 262 g/mol. The van der Waals surface area contributed by atoms with Crippen LogP contribution in [-0.2, 0) is 11.2 Å². The molecule has 0 radical (unpaired) electrons. The maximum atomic E-state index is 11.8. The van der Waals surface area contributed by atoms with Crippen LogP contribution >= 0.6 is 11.6 Å². The Morgan fingerprint density at radius 3 is 2.89 bits per heavy atom. The van der Waals surface area contributed by atoms with E-state index in [1.54, 1.807) is 18.2 Å². The van der Waals surface area contributed by atoms with Crippen LogP contribution in [0, 0.1) is 5.92 Å². The van der Waals surface area contributed by atoms with E-state index in [4.69, 9.17) is 11.6 Å². The van der Waals surface area contributed by atoms with E-state index >= 15 is 0 Å². The molecule has 0 saturated heterocycles. The third kappa shape index (κ3) is 4.43. The van der Waals surface area contributed by atoms with Gasteiger partial charge in [-0.2, -0.15) is 0 Å². The van der Waals surface area contributed by atoms with Crippen molar-refractivity contribution in [2.45, 2.75) is 37.5 Å². The predicted molar refractivity (Wildman–Crippen MR) is 76.4 cm³/mol. The molecule has 19 heavy (non-hydrogen) atoms. The molecule has 104 valence electrons. The average Bonchev–Trinajstić information content (AvgIpc) is 2.38. The zero-order valence-electron chi connectivity index (χ0n) is 10.9. The summed E-state index contributed by atoms with van der Waals surface area (Å²) >= 11 is 6.26. The van der Waals surface area contributed by atoms with E-state index in [1.807, 2.05) is 6.07 Å². The van der Waals surface area contributed by atoms with Crippen molar-refractivity contribution in [2.75, 3.05) is 6.54 Å². The van der Waals surface area contributed by atoms with Gasteiger partial charge in [0.05, 0.1) is 6.42 Å². The summed E-state index contributed by atoms with van der Waals surface area (Å²) in [5.41, 5.74) is 0.823. The number of phenolic OH excluding ortho intramolecular Hbond substituents is 1. The number of rotatable bonds is 4. The van der Waals surface area contributed by atoms with Gasteiger partial charge in [-0.05, 0) is 36.5 Å². The number of alkyl halides is 1. The molecule has 1 aromatic rings. The van der Waals surface area contributed by atoms with Gasteiger partial charge in [0, 0.05) is 11.9 Å². The molecule has 2 unspecified atom stereocenters. The van der Waals surface area contributed by atoms with Crippen molar-refractivity contribution in [1.29, 1.82) is 0 Å². The lowest BCUT2D eigenvalue weighted by molar-refractivity contribution is -0.120. The molecule has 0 spiro atoms. The second-order valence-electron chi connectivity index (χ2n) is 5.21. The van der Waals surface area contributed by atoms with Crippen molar-refractivity contribution in [3.63, 3.8) is 0 Å². The fourth-order valence-corrected chi connectivity index (χ4v) is 2.92. The molecule has 1 aliphatic rings. The highest BCUT2D eigenvalue weighted by Gasteiger charge is 2.23. The first kappa shape index (κ1) is 14.2. The summed E-state index contributed by atoms with van der Waals surface area (Å²) in [5, 5.41) is 12.5. The number of benzene rings is 1. The number of hydrogen-bond acceptors (Lipinski definition) is 2. The van der Waals surface area contributed by atoms with Gasteiger partial charge in [-0.3, -0.25) is 4.79 Å². The maximum absolute atomic E-state index is 11.8. The number of carbonyl (C=O) groups is 1. The zero-order chi connectivity index (χ0) is 13.7. The molecule has 0 aromatic heterocycles. The van der Waals surface area contributed by atoms with E-state index in [1.165, 1.54) is 12.8 Å². The second-order valence-corrected chi connectivity index (χ2v) is 5.77.